The maximum atomic E-state index is 12.2. The standard InChI is InChI=1S/C16H15N3O2S/c1-22-13-7-5-12(6-8-13)10-19-15(20)11-21-18-16(19)14-4-2-3-9-17-14/h2-9H,10-11H2,1H3. The molecule has 1 aromatic heterocycles. The zero-order valence-electron chi connectivity index (χ0n) is 12.1. The zero-order valence-corrected chi connectivity index (χ0v) is 12.9. The summed E-state index contributed by atoms with van der Waals surface area (Å²) in [6.07, 6.45) is 3.70. The summed E-state index contributed by atoms with van der Waals surface area (Å²) in [6, 6.07) is 13.6. The number of carbonyl (C=O) groups is 1. The summed E-state index contributed by atoms with van der Waals surface area (Å²) >= 11 is 1.69. The second-order valence-corrected chi connectivity index (χ2v) is 5.61. The Balaban J connectivity index is 1.86. The molecule has 1 aliphatic rings. The number of benzene rings is 1. The Morgan fingerprint density at radius 2 is 2.05 bits per heavy atom. The predicted molar refractivity (Wildman–Crippen MR) is 85.5 cm³/mol. The molecule has 6 heteroatoms. The number of aromatic nitrogens is 1. The molecule has 1 amide bonds. The number of hydrogen-bond acceptors (Lipinski definition) is 5. The average Bonchev–Trinajstić information content (AvgIpc) is 2.58. The van der Waals surface area contributed by atoms with Crippen molar-refractivity contribution in [2.24, 2.45) is 5.16 Å². The van der Waals surface area contributed by atoms with Gasteiger partial charge in [0, 0.05) is 11.1 Å². The number of thioether (sulfide) groups is 1. The summed E-state index contributed by atoms with van der Waals surface area (Å²) in [5, 5.41) is 4.02. The molecule has 2 heterocycles. The minimum Gasteiger partial charge on any atom is -0.384 e. The second-order valence-electron chi connectivity index (χ2n) is 4.73. The quantitative estimate of drug-likeness (QED) is 0.814. The van der Waals surface area contributed by atoms with Gasteiger partial charge in [0.2, 0.25) is 5.84 Å². The Kier molecular flexibility index (Phi) is 4.39. The molecular weight excluding hydrogens is 298 g/mol. The summed E-state index contributed by atoms with van der Waals surface area (Å²) in [4.78, 5) is 24.2. The van der Waals surface area contributed by atoms with E-state index in [-0.39, 0.29) is 12.5 Å². The highest BCUT2D eigenvalue weighted by molar-refractivity contribution is 7.98. The van der Waals surface area contributed by atoms with E-state index in [9.17, 15) is 4.79 Å². The monoisotopic (exact) mass is 313 g/mol. The predicted octanol–water partition coefficient (Wildman–Crippen LogP) is 2.52. The lowest BCUT2D eigenvalue weighted by molar-refractivity contribution is -0.134. The molecule has 0 saturated carbocycles. The fourth-order valence-corrected chi connectivity index (χ4v) is 2.56. The van der Waals surface area contributed by atoms with Crippen molar-refractivity contribution in [1.82, 2.24) is 9.88 Å². The molecule has 112 valence electrons. The zero-order chi connectivity index (χ0) is 15.4. The van der Waals surface area contributed by atoms with E-state index in [4.69, 9.17) is 4.84 Å². The molecule has 0 bridgehead atoms. The number of nitrogens with zero attached hydrogens (tertiary/aromatic N) is 3. The maximum absolute atomic E-state index is 12.2. The molecule has 0 fully saturated rings. The first kappa shape index (κ1) is 14.6. The third-order valence-corrected chi connectivity index (χ3v) is 4.03. The molecule has 22 heavy (non-hydrogen) atoms. The average molecular weight is 313 g/mol. The van der Waals surface area contributed by atoms with E-state index in [2.05, 4.69) is 10.1 Å². The van der Waals surface area contributed by atoms with Crippen LogP contribution < -0.4 is 0 Å². The summed E-state index contributed by atoms with van der Waals surface area (Å²) < 4.78 is 0. The van der Waals surface area contributed by atoms with Crippen LogP contribution in [0.4, 0.5) is 0 Å². The van der Waals surface area contributed by atoms with Crippen LogP contribution >= 0.6 is 11.8 Å². The van der Waals surface area contributed by atoms with E-state index in [1.54, 1.807) is 22.9 Å². The van der Waals surface area contributed by atoms with Crippen LogP contribution in [-0.4, -0.2) is 34.5 Å². The van der Waals surface area contributed by atoms with Gasteiger partial charge in [0.15, 0.2) is 6.61 Å². The third-order valence-electron chi connectivity index (χ3n) is 3.29. The lowest BCUT2D eigenvalue weighted by atomic mass is 10.2. The SMILES string of the molecule is CSc1ccc(CN2C(=O)CON=C2c2ccccn2)cc1. The molecule has 1 aromatic carbocycles. The Morgan fingerprint density at radius 3 is 2.73 bits per heavy atom. The van der Waals surface area contributed by atoms with Crippen molar-refractivity contribution in [2.75, 3.05) is 12.9 Å². The lowest BCUT2D eigenvalue weighted by Crippen LogP contribution is -2.42. The summed E-state index contributed by atoms with van der Waals surface area (Å²) in [5.41, 5.74) is 1.66. The van der Waals surface area contributed by atoms with Gasteiger partial charge in [0.25, 0.3) is 5.91 Å². The van der Waals surface area contributed by atoms with Crippen molar-refractivity contribution in [1.29, 1.82) is 0 Å². The van der Waals surface area contributed by atoms with E-state index in [0.717, 1.165) is 5.56 Å². The highest BCUT2D eigenvalue weighted by Crippen LogP contribution is 2.18. The van der Waals surface area contributed by atoms with E-state index < -0.39 is 0 Å². The van der Waals surface area contributed by atoms with Crippen molar-refractivity contribution in [2.45, 2.75) is 11.4 Å². The number of rotatable bonds is 4. The number of oxime groups is 1. The van der Waals surface area contributed by atoms with Crippen LogP contribution in [0.1, 0.15) is 11.3 Å². The van der Waals surface area contributed by atoms with Gasteiger partial charge in [-0.3, -0.25) is 14.7 Å². The van der Waals surface area contributed by atoms with Crippen molar-refractivity contribution in [3.8, 4) is 0 Å². The smallest absolute Gasteiger partial charge is 0.269 e. The first-order chi connectivity index (χ1) is 10.8. The number of pyridine rings is 1. The molecule has 0 atom stereocenters. The molecule has 0 unspecified atom stereocenters. The summed E-state index contributed by atoms with van der Waals surface area (Å²) in [6.45, 7) is 0.408. The van der Waals surface area contributed by atoms with Gasteiger partial charge in [0.1, 0.15) is 5.69 Å². The second kappa shape index (κ2) is 6.62. The molecule has 0 saturated heterocycles. The van der Waals surface area contributed by atoms with Crippen LogP contribution in [0.2, 0.25) is 0 Å². The van der Waals surface area contributed by atoms with E-state index in [0.29, 0.717) is 18.1 Å². The third kappa shape index (κ3) is 3.12. The van der Waals surface area contributed by atoms with Crippen LogP contribution in [0.5, 0.6) is 0 Å². The van der Waals surface area contributed by atoms with Gasteiger partial charge >= 0.3 is 0 Å². The first-order valence-corrected chi connectivity index (χ1v) is 8.05. The topological polar surface area (TPSA) is 54.8 Å². The van der Waals surface area contributed by atoms with Crippen molar-refractivity contribution >= 4 is 23.5 Å². The Morgan fingerprint density at radius 1 is 1.23 bits per heavy atom. The fourth-order valence-electron chi connectivity index (χ4n) is 2.15. The van der Waals surface area contributed by atoms with Gasteiger partial charge in [-0.05, 0) is 36.1 Å². The van der Waals surface area contributed by atoms with Crippen molar-refractivity contribution in [3.05, 3.63) is 59.9 Å². The minimum atomic E-state index is -0.121. The Labute approximate surface area is 133 Å². The van der Waals surface area contributed by atoms with Gasteiger partial charge in [-0.1, -0.05) is 23.4 Å². The molecular formula is C16H15N3O2S. The highest BCUT2D eigenvalue weighted by Gasteiger charge is 2.27. The van der Waals surface area contributed by atoms with Gasteiger partial charge in [-0.2, -0.15) is 0 Å². The van der Waals surface area contributed by atoms with Crippen molar-refractivity contribution < 1.29 is 9.63 Å². The maximum Gasteiger partial charge on any atom is 0.269 e. The van der Waals surface area contributed by atoms with Gasteiger partial charge < -0.3 is 4.84 Å². The summed E-state index contributed by atoms with van der Waals surface area (Å²) in [7, 11) is 0. The van der Waals surface area contributed by atoms with Gasteiger partial charge in [-0.15, -0.1) is 11.8 Å². The van der Waals surface area contributed by atoms with Crippen LogP contribution in [-0.2, 0) is 16.2 Å². The molecule has 2 aromatic rings. The lowest BCUT2D eigenvalue weighted by Gasteiger charge is -2.26. The van der Waals surface area contributed by atoms with E-state index in [1.807, 2.05) is 48.7 Å². The summed E-state index contributed by atoms with van der Waals surface area (Å²) in [5.74, 6) is 0.329. The number of carbonyl (C=O) groups excluding carboxylic acids is 1. The highest BCUT2D eigenvalue weighted by atomic mass is 32.2. The molecule has 3 rings (SSSR count). The van der Waals surface area contributed by atoms with Crippen LogP contribution in [0.3, 0.4) is 0 Å². The van der Waals surface area contributed by atoms with Crippen LogP contribution in [0, 0.1) is 0 Å². The first-order valence-electron chi connectivity index (χ1n) is 6.82. The fraction of sp³-hybridized carbons (Fsp3) is 0.188. The van der Waals surface area contributed by atoms with Crippen LogP contribution in [0.25, 0.3) is 0 Å². The number of hydrogen-bond donors (Lipinski definition) is 0. The van der Waals surface area contributed by atoms with E-state index in [1.165, 1.54) is 4.90 Å². The Hall–Kier alpha value is -2.34. The normalized spacial score (nSPS) is 14.5. The molecule has 1 aliphatic heterocycles. The molecule has 0 N–H and O–H groups in total. The van der Waals surface area contributed by atoms with Gasteiger partial charge in [0.05, 0.1) is 6.54 Å². The molecule has 0 radical (unpaired) electrons. The molecule has 5 nitrogen and oxygen atoms in total. The van der Waals surface area contributed by atoms with E-state index >= 15 is 0 Å². The minimum absolute atomic E-state index is 0.0424. The molecule has 0 spiro atoms. The number of amidine groups is 1. The van der Waals surface area contributed by atoms with Gasteiger partial charge in [-0.25, -0.2) is 0 Å². The molecule has 0 aliphatic carbocycles. The number of amides is 1. The van der Waals surface area contributed by atoms with Crippen molar-refractivity contribution in [3.63, 3.8) is 0 Å². The Bertz CT molecular complexity index is 686. The van der Waals surface area contributed by atoms with Crippen LogP contribution in [0.15, 0.2) is 58.7 Å². The largest absolute Gasteiger partial charge is 0.384 e.